The van der Waals surface area contributed by atoms with Crippen molar-refractivity contribution < 1.29 is 23.9 Å². The Labute approximate surface area is 203 Å². The Hall–Kier alpha value is -3.20. The van der Waals surface area contributed by atoms with Gasteiger partial charge in [-0.1, -0.05) is 18.2 Å². The van der Waals surface area contributed by atoms with Gasteiger partial charge in [-0.3, -0.25) is 14.4 Å². The number of carbonyl (C=O) groups excluding carboxylic acids is 3. The topological polar surface area (TPSA) is 97.0 Å². The van der Waals surface area contributed by atoms with Crippen molar-refractivity contribution in [1.82, 2.24) is 10.2 Å². The van der Waals surface area contributed by atoms with Crippen LogP contribution in [0.2, 0.25) is 0 Å². The number of rotatable bonds is 8. The third-order valence-electron chi connectivity index (χ3n) is 6.07. The number of amides is 3. The first kappa shape index (κ1) is 23.9. The molecule has 0 aliphatic carbocycles. The van der Waals surface area contributed by atoms with Crippen molar-refractivity contribution in [3.63, 3.8) is 0 Å². The average molecular weight is 484 g/mol. The van der Waals surface area contributed by atoms with Crippen LogP contribution in [-0.2, 0) is 9.59 Å². The number of fused-ring (bicyclic) bond motifs is 1. The molecule has 1 atom stereocenters. The number of anilines is 1. The van der Waals surface area contributed by atoms with Gasteiger partial charge in [-0.15, -0.1) is 0 Å². The molecule has 2 heterocycles. The number of hydrogen-bond acceptors (Lipinski definition) is 6. The lowest BCUT2D eigenvalue weighted by atomic mass is 9.95. The van der Waals surface area contributed by atoms with E-state index in [1.165, 1.54) is 0 Å². The van der Waals surface area contributed by atoms with Crippen molar-refractivity contribution in [3.05, 3.63) is 54.1 Å². The molecule has 1 fully saturated rings. The molecular weight excluding hydrogens is 454 g/mol. The number of thioether (sulfide) groups is 1. The smallest absolute Gasteiger partial charge is 0.251 e. The number of carbonyl (C=O) groups is 3. The van der Waals surface area contributed by atoms with Crippen LogP contribution in [0.15, 0.2) is 48.5 Å². The highest BCUT2D eigenvalue weighted by atomic mass is 32.2. The summed E-state index contributed by atoms with van der Waals surface area (Å²) < 4.78 is 10.7. The Morgan fingerprint density at radius 3 is 2.53 bits per heavy atom. The number of hydrogen-bond donors (Lipinski definition) is 2. The number of ether oxygens (including phenoxy) is 2. The molecule has 0 bridgehead atoms. The van der Waals surface area contributed by atoms with Crippen LogP contribution >= 0.6 is 11.8 Å². The van der Waals surface area contributed by atoms with Gasteiger partial charge in [0.25, 0.3) is 5.91 Å². The Kier molecular flexibility index (Phi) is 7.95. The maximum Gasteiger partial charge on any atom is 0.251 e. The maximum atomic E-state index is 13.2. The fourth-order valence-corrected chi connectivity index (χ4v) is 4.60. The van der Waals surface area contributed by atoms with Crippen LogP contribution in [0.4, 0.5) is 5.69 Å². The van der Waals surface area contributed by atoms with Crippen LogP contribution in [0.3, 0.4) is 0 Å². The molecule has 3 amide bonds. The molecule has 1 unspecified atom stereocenters. The van der Waals surface area contributed by atoms with Crippen molar-refractivity contribution in [2.45, 2.75) is 25.3 Å². The first-order chi connectivity index (χ1) is 16.5. The number of benzene rings is 2. The van der Waals surface area contributed by atoms with E-state index >= 15 is 0 Å². The molecule has 0 aromatic heterocycles. The third kappa shape index (κ3) is 5.83. The van der Waals surface area contributed by atoms with E-state index in [1.807, 2.05) is 12.3 Å². The van der Waals surface area contributed by atoms with Crippen molar-refractivity contribution in [2.75, 3.05) is 37.2 Å². The molecule has 4 rings (SSSR count). The van der Waals surface area contributed by atoms with Gasteiger partial charge in [0.1, 0.15) is 6.04 Å². The number of nitrogens with one attached hydrogen (secondary N) is 2. The number of nitrogens with zero attached hydrogens (tertiary/aromatic N) is 1. The van der Waals surface area contributed by atoms with Gasteiger partial charge in [0.15, 0.2) is 11.5 Å². The molecule has 2 aromatic rings. The van der Waals surface area contributed by atoms with E-state index in [0.29, 0.717) is 55.1 Å². The summed E-state index contributed by atoms with van der Waals surface area (Å²) in [6.07, 6.45) is 3.68. The summed E-state index contributed by atoms with van der Waals surface area (Å²) in [6, 6.07) is 13.6. The molecular formula is C25H29N3O5S. The fraction of sp³-hybridized carbons (Fsp3) is 0.400. The Bertz CT molecular complexity index is 1020. The van der Waals surface area contributed by atoms with Gasteiger partial charge in [-0.05, 0) is 55.5 Å². The first-order valence-electron chi connectivity index (χ1n) is 11.4. The molecule has 2 aliphatic heterocycles. The molecule has 1 saturated heterocycles. The summed E-state index contributed by atoms with van der Waals surface area (Å²) in [6.45, 7) is 1.15. The van der Waals surface area contributed by atoms with E-state index < -0.39 is 6.04 Å². The number of likely N-dealkylation sites (tertiary alicyclic amines) is 1. The van der Waals surface area contributed by atoms with Gasteiger partial charge in [-0.25, -0.2) is 0 Å². The molecule has 2 aromatic carbocycles. The second kappa shape index (κ2) is 11.3. The molecule has 8 nitrogen and oxygen atoms in total. The van der Waals surface area contributed by atoms with Crippen molar-refractivity contribution >= 4 is 35.2 Å². The van der Waals surface area contributed by atoms with E-state index in [2.05, 4.69) is 10.6 Å². The van der Waals surface area contributed by atoms with E-state index in [-0.39, 0.29) is 30.4 Å². The quantitative estimate of drug-likeness (QED) is 0.599. The minimum absolute atomic E-state index is 0.0673. The molecule has 180 valence electrons. The van der Waals surface area contributed by atoms with E-state index in [4.69, 9.17) is 9.47 Å². The summed E-state index contributed by atoms with van der Waals surface area (Å²) >= 11 is 1.64. The lowest BCUT2D eigenvalue weighted by molar-refractivity contribution is -0.136. The molecule has 2 aliphatic rings. The standard InChI is InChI=1S/C25H29N3O5S/c1-34-14-11-20(27-24(30)17-5-3-2-4-6-17)25(31)28-12-9-18(10-13-28)23(29)26-19-7-8-21-22(15-19)33-16-32-21/h2-8,15,18,20H,9-14,16H2,1H3,(H,26,29)(H,27,30). The van der Waals surface area contributed by atoms with Crippen molar-refractivity contribution in [1.29, 1.82) is 0 Å². The predicted octanol–water partition coefficient (Wildman–Crippen LogP) is 3.14. The van der Waals surface area contributed by atoms with Crippen LogP contribution in [0.1, 0.15) is 29.6 Å². The lowest BCUT2D eigenvalue weighted by Gasteiger charge is -2.34. The zero-order valence-corrected chi connectivity index (χ0v) is 19.9. The highest BCUT2D eigenvalue weighted by Crippen LogP contribution is 2.34. The minimum atomic E-state index is -0.584. The zero-order valence-electron chi connectivity index (χ0n) is 19.1. The van der Waals surface area contributed by atoms with Crippen LogP contribution in [0, 0.1) is 5.92 Å². The summed E-state index contributed by atoms with van der Waals surface area (Å²) in [7, 11) is 0. The third-order valence-corrected chi connectivity index (χ3v) is 6.71. The Balaban J connectivity index is 1.31. The fourth-order valence-electron chi connectivity index (χ4n) is 4.13. The Morgan fingerprint density at radius 1 is 1.06 bits per heavy atom. The monoisotopic (exact) mass is 483 g/mol. The normalized spacial score (nSPS) is 16.1. The van der Waals surface area contributed by atoms with Gasteiger partial charge in [0.2, 0.25) is 18.6 Å². The summed E-state index contributed by atoms with van der Waals surface area (Å²) in [5.74, 6) is 1.46. The largest absolute Gasteiger partial charge is 0.454 e. The minimum Gasteiger partial charge on any atom is -0.454 e. The highest BCUT2D eigenvalue weighted by molar-refractivity contribution is 7.98. The molecule has 34 heavy (non-hydrogen) atoms. The number of piperidine rings is 1. The van der Waals surface area contributed by atoms with Gasteiger partial charge >= 0.3 is 0 Å². The zero-order chi connectivity index (χ0) is 23.9. The van der Waals surface area contributed by atoms with Crippen LogP contribution in [-0.4, -0.2) is 60.6 Å². The van der Waals surface area contributed by atoms with E-state index in [0.717, 1.165) is 5.75 Å². The molecule has 2 N–H and O–H groups in total. The lowest BCUT2D eigenvalue weighted by Crippen LogP contribution is -2.51. The summed E-state index contributed by atoms with van der Waals surface area (Å²) in [4.78, 5) is 40.4. The van der Waals surface area contributed by atoms with Gasteiger partial charge in [0, 0.05) is 36.3 Å². The molecule has 0 spiro atoms. The van der Waals surface area contributed by atoms with Crippen molar-refractivity contribution in [3.8, 4) is 11.5 Å². The molecule has 0 radical (unpaired) electrons. The van der Waals surface area contributed by atoms with Crippen LogP contribution < -0.4 is 20.1 Å². The second-order valence-electron chi connectivity index (χ2n) is 8.33. The maximum absolute atomic E-state index is 13.2. The SMILES string of the molecule is CSCCC(NC(=O)c1ccccc1)C(=O)N1CCC(C(=O)Nc2ccc3c(c2)OCO3)CC1. The van der Waals surface area contributed by atoms with Crippen molar-refractivity contribution in [2.24, 2.45) is 5.92 Å². The predicted molar refractivity (Wildman–Crippen MR) is 131 cm³/mol. The second-order valence-corrected chi connectivity index (χ2v) is 9.32. The highest BCUT2D eigenvalue weighted by Gasteiger charge is 2.31. The van der Waals surface area contributed by atoms with E-state index in [9.17, 15) is 14.4 Å². The molecule has 0 saturated carbocycles. The molecule has 9 heteroatoms. The van der Waals surface area contributed by atoms with Gasteiger partial charge in [0.05, 0.1) is 0 Å². The summed E-state index contributed by atoms with van der Waals surface area (Å²) in [5, 5.41) is 5.85. The van der Waals surface area contributed by atoms with Gasteiger partial charge in [-0.2, -0.15) is 11.8 Å². The van der Waals surface area contributed by atoms with Gasteiger partial charge < -0.3 is 25.0 Å². The Morgan fingerprint density at radius 2 is 1.79 bits per heavy atom. The van der Waals surface area contributed by atoms with Crippen LogP contribution in [0.25, 0.3) is 0 Å². The van der Waals surface area contributed by atoms with Crippen LogP contribution in [0.5, 0.6) is 11.5 Å². The average Bonchev–Trinajstić information content (AvgIpc) is 3.34. The first-order valence-corrected chi connectivity index (χ1v) is 12.8. The van der Waals surface area contributed by atoms with E-state index in [1.54, 1.807) is 59.1 Å². The summed E-state index contributed by atoms with van der Waals surface area (Å²) in [5.41, 5.74) is 1.19.